The highest BCUT2D eigenvalue weighted by Gasteiger charge is 2.19. The summed E-state index contributed by atoms with van der Waals surface area (Å²) in [5, 5.41) is 20.5. The molecule has 0 aliphatic heterocycles. The van der Waals surface area contributed by atoms with Gasteiger partial charge in [-0.3, -0.25) is 24.4 Å². The van der Waals surface area contributed by atoms with Crippen molar-refractivity contribution >= 4 is 28.9 Å². The number of rotatable bonds is 6. The molecule has 1 heterocycles. The first-order valence-corrected chi connectivity index (χ1v) is 8.40. The van der Waals surface area contributed by atoms with Crippen LogP contribution in [0.15, 0.2) is 67.0 Å². The van der Waals surface area contributed by atoms with Crippen LogP contribution >= 0.6 is 0 Å². The predicted molar refractivity (Wildman–Crippen MR) is 103 cm³/mol. The third kappa shape index (κ3) is 4.21. The van der Waals surface area contributed by atoms with E-state index >= 15 is 0 Å². The van der Waals surface area contributed by atoms with Crippen molar-refractivity contribution in [3.63, 3.8) is 0 Å². The molecule has 0 fully saturated rings. The fourth-order valence-corrected chi connectivity index (χ4v) is 2.57. The number of nitrogens with one attached hydrogen (secondary N) is 2. The summed E-state index contributed by atoms with van der Waals surface area (Å²) in [5.41, 5.74) is 0.545. The quantitative estimate of drug-likeness (QED) is 0.503. The Bertz CT molecular complexity index is 1020. The van der Waals surface area contributed by atoms with Crippen LogP contribution in [0.3, 0.4) is 0 Å². The number of hydrogen-bond donors (Lipinski definition) is 2. The molecule has 28 heavy (non-hydrogen) atoms. The van der Waals surface area contributed by atoms with Gasteiger partial charge in [-0.1, -0.05) is 18.2 Å². The molecule has 0 saturated heterocycles. The van der Waals surface area contributed by atoms with Crippen molar-refractivity contribution in [2.24, 2.45) is 0 Å². The maximum absolute atomic E-state index is 12.4. The Labute approximate surface area is 160 Å². The lowest BCUT2D eigenvalue weighted by Crippen LogP contribution is -2.24. The smallest absolute Gasteiger partial charge is 0.282 e. The molecule has 0 radical (unpaired) electrons. The van der Waals surface area contributed by atoms with E-state index in [9.17, 15) is 19.7 Å². The average Bonchev–Trinajstić information content (AvgIpc) is 3.22. The van der Waals surface area contributed by atoms with E-state index in [0.717, 1.165) is 0 Å². The fraction of sp³-hybridized carbons (Fsp3) is 0.105. The van der Waals surface area contributed by atoms with Gasteiger partial charge in [0.15, 0.2) is 0 Å². The maximum Gasteiger partial charge on any atom is 0.282 e. The predicted octanol–water partition coefficient (Wildman–Crippen LogP) is 3.24. The van der Waals surface area contributed by atoms with Crippen molar-refractivity contribution < 1.29 is 14.5 Å². The number of hydrogen-bond acceptors (Lipinski definition) is 5. The highest BCUT2D eigenvalue weighted by Crippen LogP contribution is 2.21. The number of nitro benzene ring substituents is 1. The normalized spacial score (nSPS) is 11.5. The lowest BCUT2D eigenvalue weighted by Gasteiger charge is -2.13. The van der Waals surface area contributed by atoms with Crippen molar-refractivity contribution in [1.82, 2.24) is 9.78 Å². The van der Waals surface area contributed by atoms with Gasteiger partial charge in [0.05, 0.1) is 4.92 Å². The minimum atomic E-state index is -0.610. The second kappa shape index (κ2) is 8.12. The van der Waals surface area contributed by atoms with Crippen LogP contribution in [0.25, 0.3) is 0 Å². The van der Waals surface area contributed by atoms with Crippen LogP contribution < -0.4 is 10.6 Å². The van der Waals surface area contributed by atoms with E-state index in [2.05, 4.69) is 15.7 Å². The molecule has 142 valence electrons. The Balaban J connectivity index is 1.72. The number of carbonyl (C=O) groups is 2. The molecule has 9 heteroatoms. The number of nitrogens with zero attached hydrogens (tertiary/aromatic N) is 3. The number of aromatic nitrogens is 2. The molecule has 0 aliphatic rings. The van der Waals surface area contributed by atoms with Gasteiger partial charge in [-0.05, 0) is 37.3 Å². The van der Waals surface area contributed by atoms with Gasteiger partial charge < -0.3 is 10.6 Å². The van der Waals surface area contributed by atoms with E-state index in [1.54, 1.807) is 55.7 Å². The standard InChI is InChI=1S/C19H17N5O4/c1-13(23-11-5-10-20-23)18(25)21-14-6-4-7-15(12-14)22-19(26)16-8-2-3-9-17(16)24(27)28/h2-13H,1H3,(H,21,25)(H,22,26). The van der Waals surface area contributed by atoms with E-state index in [0.29, 0.717) is 11.4 Å². The first-order chi connectivity index (χ1) is 13.5. The molecular weight excluding hydrogens is 362 g/mol. The zero-order chi connectivity index (χ0) is 20.1. The summed E-state index contributed by atoms with van der Waals surface area (Å²) >= 11 is 0. The summed E-state index contributed by atoms with van der Waals surface area (Å²) in [6.45, 7) is 1.71. The van der Waals surface area contributed by atoms with Gasteiger partial charge in [-0.25, -0.2) is 0 Å². The number of nitro groups is 1. The Kier molecular flexibility index (Phi) is 5.45. The molecule has 1 aromatic heterocycles. The summed E-state index contributed by atoms with van der Waals surface area (Å²) in [7, 11) is 0. The first kappa shape index (κ1) is 18.8. The van der Waals surface area contributed by atoms with Crippen molar-refractivity contribution in [1.29, 1.82) is 0 Å². The van der Waals surface area contributed by atoms with E-state index in [-0.39, 0.29) is 17.2 Å². The van der Waals surface area contributed by atoms with Gasteiger partial charge in [-0.15, -0.1) is 0 Å². The minimum Gasteiger partial charge on any atom is -0.324 e. The molecule has 3 aromatic rings. The molecule has 2 N–H and O–H groups in total. The zero-order valence-corrected chi connectivity index (χ0v) is 14.9. The molecule has 1 unspecified atom stereocenters. The number of amides is 2. The third-order valence-corrected chi connectivity index (χ3v) is 4.03. The average molecular weight is 379 g/mol. The van der Waals surface area contributed by atoms with Crippen LogP contribution in [-0.4, -0.2) is 26.5 Å². The van der Waals surface area contributed by atoms with Crippen LogP contribution in [0.2, 0.25) is 0 Å². The van der Waals surface area contributed by atoms with Crippen LogP contribution in [0.1, 0.15) is 23.3 Å². The molecule has 0 spiro atoms. The fourth-order valence-electron chi connectivity index (χ4n) is 2.57. The molecule has 2 amide bonds. The number of carbonyl (C=O) groups excluding carboxylic acids is 2. The molecule has 3 rings (SSSR count). The molecule has 9 nitrogen and oxygen atoms in total. The SMILES string of the molecule is CC(C(=O)Nc1cccc(NC(=O)c2ccccc2[N+](=O)[O-])c1)n1cccn1. The second-order valence-electron chi connectivity index (χ2n) is 5.96. The van der Waals surface area contributed by atoms with E-state index < -0.39 is 16.9 Å². The Morgan fingerprint density at radius 1 is 1.07 bits per heavy atom. The summed E-state index contributed by atoms with van der Waals surface area (Å²) in [6.07, 6.45) is 3.27. The van der Waals surface area contributed by atoms with Gasteiger partial charge in [0, 0.05) is 29.8 Å². The number of anilines is 2. The molecule has 0 aliphatic carbocycles. The summed E-state index contributed by atoms with van der Waals surface area (Å²) in [6, 6.07) is 13.4. The lowest BCUT2D eigenvalue weighted by molar-refractivity contribution is -0.385. The highest BCUT2D eigenvalue weighted by molar-refractivity contribution is 6.07. The van der Waals surface area contributed by atoms with Gasteiger partial charge in [0.25, 0.3) is 11.6 Å². The van der Waals surface area contributed by atoms with E-state index in [1.165, 1.54) is 22.9 Å². The van der Waals surface area contributed by atoms with Crippen LogP contribution in [0, 0.1) is 10.1 Å². The topological polar surface area (TPSA) is 119 Å². The zero-order valence-electron chi connectivity index (χ0n) is 14.9. The Morgan fingerprint density at radius 3 is 2.46 bits per heavy atom. The Hall–Kier alpha value is -4.01. The van der Waals surface area contributed by atoms with Crippen LogP contribution in [-0.2, 0) is 4.79 Å². The van der Waals surface area contributed by atoms with Crippen LogP contribution in [0.4, 0.5) is 17.1 Å². The van der Waals surface area contributed by atoms with E-state index in [1.807, 2.05) is 0 Å². The summed E-state index contributed by atoms with van der Waals surface area (Å²) in [5.74, 6) is -0.883. The van der Waals surface area contributed by atoms with Crippen molar-refractivity contribution in [2.45, 2.75) is 13.0 Å². The van der Waals surface area contributed by atoms with Gasteiger partial charge in [0.2, 0.25) is 5.91 Å². The number of benzene rings is 2. The minimum absolute atomic E-state index is 0.0470. The van der Waals surface area contributed by atoms with Crippen molar-refractivity contribution in [2.75, 3.05) is 10.6 Å². The summed E-state index contributed by atoms with van der Waals surface area (Å²) in [4.78, 5) is 35.3. The largest absolute Gasteiger partial charge is 0.324 e. The van der Waals surface area contributed by atoms with Crippen molar-refractivity contribution in [3.8, 4) is 0 Å². The molecule has 1 atom stereocenters. The highest BCUT2D eigenvalue weighted by atomic mass is 16.6. The van der Waals surface area contributed by atoms with Gasteiger partial charge in [-0.2, -0.15) is 5.10 Å². The van der Waals surface area contributed by atoms with Crippen LogP contribution in [0.5, 0.6) is 0 Å². The molecule has 2 aromatic carbocycles. The maximum atomic E-state index is 12.4. The molecular formula is C19H17N5O4. The summed E-state index contributed by atoms with van der Waals surface area (Å²) < 4.78 is 1.52. The third-order valence-electron chi connectivity index (χ3n) is 4.03. The second-order valence-corrected chi connectivity index (χ2v) is 5.96. The molecule has 0 bridgehead atoms. The van der Waals surface area contributed by atoms with Gasteiger partial charge >= 0.3 is 0 Å². The lowest BCUT2D eigenvalue weighted by atomic mass is 10.1. The van der Waals surface area contributed by atoms with E-state index in [4.69, 9.17) is 0 Å². The Morgan fingerprint density at radius 2 is 1.79 bits per heavy atom. The van der Waals surface area contributed by atoms with Gasteiger partial charge in [0.1, 0.15) is 11.6 Å². The van der Waals surface area contributed by atoms with Crippen molar-refractivity contribution in [3.05, 3.63) is 82.7 Å². The monoisotopic (exact) mass is 379 g/mol. The number of para-hydroxylation sites is 1. The molecule has 0 saturated carbocycles. The first-order valence-electron chi connectivity index (χ1n) is 8.40.